The molecule has 3 fully saturated rings. The summed E-state index contributed by atoms with van der Waals surface area (Å²) in [5.41, 5.74) is 4.66. The van der Waals surface area contributed by atoms with Crippen LogP contribution in [0.15, 0.2) is 36.4 Å². The summed E-state index contributed by atoms with van der Waals surface area (Å²) in [5, 5.41) is 81.0. The van der Waals surface area contributed by atoms with Gasteiger partial charge in [-0.05, 0) is 79.6 Å². The molecule has 274 valence electrons. The summed E-state index contributed by atoms with van der Waals surface area (Å²) in [7, 11) is 0. The number of hydrogen-bond donors (Lipinski definition) is 8. The largest absolute Gasteiger partial charge is 0.447 e. The zero-order valence-corrected chi connectivity index (χ0v) is 28.4. The van der Waals surface area contributed by atoms with Crippen molar-refractivity contribution in [2.75, 3.05) is 26.3 Å². The maximum absolute atomic E-state index is 12.8. The number of likely N-dealkylation sites (tertiary alicyclic amines) is 1. The van der Waals surface area contributed by atoms with Crippen LogP contribution >= 0.6 is 0 Å². The molecule has 3 aliphatic heterocycles. The van der Waals surface area contributed by atoms with Gasteiger partial charge in [-0.1, -0.05) is 35.8 Å². The van der Waals surface area contributed by atoms with Gasteiger partial charge < -0.3 is 60.0 Å². The first-order valence-corrected chi connectivity index (χ1v) is 17.3. The van der Waals surface area contributed by atoms with Gasteiger partial charge >= 0.3 is 6.09 Å². The zero-order chi connectivity index (χ0) is 36.6. The Morgan fingerprint density at radius 3 is 1.75 bits per heavy atom. The van der Waals surface area contributed by atoms with Crippen LogP contribution in [0.4, 0.5) is 4.79 Å². The van der Waals surface area contributed by atoms with Crippen LogP contribution in [0.5, 0.6) is 0 Å². The fraction of sp³-hybridized carbons (Fsp3) is 0.553. The molecule has 2 aromatic rings. The van der Waals surface area contributed by atoms with Crippen molar-refractivity contribution in [2.45, 2.75) is 106 Å². The van der Waals surface area contributed by atoms with Gasteiger partial charge in [0.25, 0.3) is 0 Å². The highest BCUT2D eigenvalue weighted by Crippen LogP contribution is 2.54. The molecule has 51 heavy (non-hydrogen) atoms. The third-order valence-electron chi connectivity index (χ3n) is 10.3. The summed E-state index contributed by atoms with van der Waals surface area (Å²) < 4.78 is 16.8. The van der Waals surface area contributed by atoms with E-state index >= 15 is 0 Å². The van der Waals surface area contributed by atoms with Gasteiger partial charge in [-0.2, -0.15) is 0 Å². The summed E-state index contributed by atoms with van der Waals surface area (Å²) in [6.45, 7) is 3.63. The first-order chi connectivity index (χ1) is 24.4. The summed E-state index contributed by atoms with van der Waals surface area (Å²) in [5.74, 6) is 11.9. The molecular formula is C38H45NO12. The number of nitrogens with zero attached hydrogens (tertiary/aromatic N) is 1. The van der Waals surface area contributed by atoms with Crippen molar-refractivity contribution in [1.29, 1.82) is 0 Å². The average molecular weight is 708 g/mol. The minimum absolute atomic E-state index is 0.0688. The number of carbonyl (C=O) groups is 1. The minimum Gasteiger partial charge on any atom is -0.447 e. The Hall–Kier alpha value is -3.57. The van der Waals surface area contributed by atoms with E-state index < -0.39 is 73.1 Å². The van der Waals surface area contributed by atoms with Gasteiger partial charge in [0.2, 0.25) is 0 Å². The molecule has 0 aromatic heterocycles. The van der Waals surface area contributed by atoms with Crippen molar-refractivity contribution in [1.82, 2.24) is 4.90 Å². The van der Waals surface area contributed by atoms with Crippen molar-refractivity contribution in [3.63, 3.8) is 0 Å². The van der Waals surface area contributed by atoms with Crippen LogP contribution in [0.1, 0.15) is 55.4 Å². The number of rotatable bonds is 4. The molecule has 6 rings (SSSR count). The number of hydrogen-bond acceptors (Lipinski definition) is 12. The van der Waals surface area contributed by atoms with Gasteiger partial charge in [0.15, 0.2) is 0 Å². The fourth-order valence-corrected chi connectivity index (χ4v) is 7.50. The average Bonchev–Trinajstić information content (AvgIpc) is 3.37. The molecule has 2 aromatic carbocycles. The van der Waals surface area contributed by atoms with Crippen LogP contribution in [-0.2, 0) is 19.6 Å². The lowest BCUT2D eigenvalue weighted by Crippen LogP contribution is -2.58. The van der Waals surface area contributed by atoms with Crippen LogP contribution in [0.3, 0.4) is 0 Å². The Morgan fingerprint density at radius 1 is 0.784 bits per heavy atom. The highest BCUT2D eigenvalue weighted by atomic mass is 16.6. The number of amides is 1. The summed E-state index contributed by atoms with van der Waals surface area (Å²) >= 11 is 0. The van der Waals surface area contributed by atoms with Gasteiger partial charge in [-0.15, -0.1) is 0 Å². The second-order valence-electron chi connectivity index (χ2n) is 13.9. The maximum atomic E-state index is 12.8. The van der Waals surface area contributed by atoms with E-state index in [1.807, 2.05) is 36.4 Å². The third kappa shape index (κ3) is 7.12. The van der Waals surface area contributed by atoms with Crippen molar-refractivity contribution in [2.24, 2.45) is 0 Å². The third-order valence-corrected chi connectivity index (χ3v) is 10.3. The van der Waals surface area contributed by atoms with E-state index in [4.69, 9.17) is 14.2 Å². The van der Waals surface area contributed by atoms with Crippen LogP contribution < -0.4 is 0 Å². The van der Waals surface area contributed by atoms with Crippen LogP contribution in [0.2, 0.25) is 0 Å². The first-order valence-electron chi connectivity index (χ1n) is 17.3. The molecule has 1 aliphatic carbocycles. The van der Waals surface area contributed by atoms with Crippen molar-refractivity contribution in [3.8, 4) is 34.8 Å². The molecule has 4 aliphatic rings. The lowest BCUT2D eigenvalue weighted by atomic mass is 9.70. The van der Waals surface area contributed by atoms with Crippen LogP contribution in [0.25, 0.3) is 11.1 Å². The summed E-state index contributed by atoms with van der Waals surface area (Å²) in [6, 6.07) is 11.6. The SMILES string of the molecule is CC(C)OC(=O)N1CCC2(CC1)c1cc(C#C[C@H]3O[C@H](CO)[C@@H](O)[C@H](O)[C@@H]3O)ccc1-c1ccc(C#C[C@H]3O[C@H](CCO)[C@@H](O)[C@H](O)[C@@H]3O)cc12. The number of ether oxygens (including phenoxy) is 3. The normalized spacial score (nSPS) is 32.3. The number of aliphatic hydroxyl groups excluding tert-OH is 8. The predicted octanol–water partition coefficient (Wildman–Crippen LogP) is -0.628. The molecule has 8 N–H and O–H groups in total. The Labute approximate surface area is 296 Å². The molecule has 1 amide bonds. The summed E-state index contributed by atoms with van der Waals surface area (Å²) in [4.78, 5) is 14.5. The second kappa shape index (κ2) is 15.2. The van der Waals surface area contributed by atoms with E-state index in [-0.39, 0.29) is 25.2 Å². The minimum atomic E-state index is -1.54. The number of aliphatic hydroxyl groups is 8. The molecule has 0 radical (unpaired) electrons. The Kier molecular flexibility index (Phi) is 11.1. The van der Waals surface area contributed by atoms with Gasteiger partial charge in [0.1, 0.15) is 54.9 Å². The van der Waals surface area contributed by atoms with Gasteiger partial charge in [0, 0.05) is 36.2 Å². The predicted molar refractivity (Wildman–Crippen MR) is 181 cm³/mol. The van der Waals surface area contributed by atoms with Crippen molar-refractivity contribution < 1.29 is 59.9 Å². The van der Waals surface area contributed by atoms with E-state index in [9.17, 15) is 45.6 Å². The number of carbonyl (C=O) groups excluding carboxylic acids is 1. The van der Waals surface area contributed by atoms with Gasteiger partial charge in [0.05, 0.1) is 18.8 Å². The molecule has 3 heterocycles. The monoisotopic (exact) mass is 707 g/mol. The standard InChI is InChI=1S/C38H45NO12/c1-20(2)49-37(48)39-14-12-38(13-15-39)25-17-21(5-9-27-31(42)35(46)33(44)29(50-27)11-16-40)3-7-23(25)24-8-4-22(18-26(24)38)6-10-28-32(43)36(47)34(45)30(19-41)51-28/h3-4,7-8,17-18,20,27-36,40-47H,11-16,19H2,1-2H3/t27-,28-,29-,30-,31-,32-,33-,34-,35-,36-/m1/s1. The Bertz CT molecular complexity index is 1710. The van der Waals surface area contributed by atoms with Gasteiger partial charge in [-0.3, -0.25) is 0 Å². The molecule has 0 unspecified atom stereocenters. The molecule has 1 spiro atoms. The molecular weight excluding hydrogens is 662 g/mol. The quantitative estimate of drug-likeness (QED) is 0.187. The Balaban J connectivity index is 1.33. The fourth-order valence-electron chi connectivity index (χ4n) is 7.50. The highest BCUT2D eigenvalue weighted by molar-refractivity contribution is 5.83. The van der Waals surface area contributed by atoms with E-state index in [1.54, 1.807) is 18.7 Å². The lowest BCUT2D eigenvalue weighted by molar-refractivity contribution is -0.214. The smallest absolute Gasteiger partial charge is 0.410 e. The molecule has 3 saturated heterocycles. The van der Waals surface area contributed by atoms with Crippen LogP contribution in [0, 0.1) is 23.7 Å². The first kappa shape index (κ1) is 37.2. The van der Waals surface area contributed by atoms with E-state index in [1.165, 1.54) is 0 Å². The summed E-state index contributed by atoms with van der Waals surface area (Å²) in [6.07, 6.45) is -12.5. The molecule has 13 heteroatoms. The molecule has 10 atom stereocenters. The number of benzene rings is 2. The van der Waals surface area contributed by atoms with E-state index in [0.29, 0.717) is 37.1 Å². The van der Waals surface area contributed by atoms with E-state index in [2.05, 4.69) is 23.7 Å². The van der Waals surface area contributed by atoms with Crippen molar-refractivity contribution >= 4 is 6.09 Å². The molecule has 13 nitrogen and oxygen atoms in total. The topological polar surface area (TPSA) is 210 Å². The molecule has 0 bridgehead atoms. The van der Waals surface area contributed by atoms with Crippen LogP contribution in [-0.4, -0.2) is 145 Å². The van der Waals surface area contributed by atoms with Crippen molar-refractivity contribution in [3.05, 3.63) is 58.7 Å². The van der Waals surface area contributed by atoms with Gasteiger partial charge in [-0.25, -0.2) is 4.79 Å². The lowest BCUT2D eigenvalue weighted by Gasteiger charge is -2.40. The van der Waals surface area contributed by atoms with E-state index in [0.717, 1.165) is 22.3 Å². The zero-order valence-electron chi connectivity index (χ0n) is 28.4. The maximum Gasteiger partial charge on any atom is 0.410 e. The molecule has 0 saturated carbocycles. The number of piperidine rings is 1. The second-order valence-corrected chi connectivity index (χ2v) is 13.9. The highest BCUT2D eigenvalue weighted by Gasteiger charge is 2.47. The Morgan fingerprint density at radius 2 is 1.27 bits per heavy atom. The number of fused-ring (bicyclic) bond motifs is 5.